The number of Topliss-reactive ketones (excluding diaryl/α,β-unsaturated/α-hetero) is 1. The molecule has 0 saturated heterocycles. The molecule has 0 saturated carbocycles. The van der Waals surface area contributed by atoms with Crippen LogP contribution in [0.15, 0.2) is 27.5 Å². The average Bonchev–Trinajstić information content (AvgIpc) is 3.11. The lowest BCUT2D eigenvalue weighted by Crippen LogP contribution is -2.30. The van der Waals surface area contributed by atoms with Crippen LogP contribution < -0.4 is 11.4 Å². The van der Waals surface area contributed by atoms with Crippen LogP contribution in [0.5, 0.6) is 0 Å². The molecule has 0 radical (unpaired) electrons. The summed E-state index contributed by atoms with van der Waals surface area (Å²) in [5.74, 6) is 6.06. The van der Waals surface area contributed by atoms with Crippen molar-refractivity contribution in [3.05, 3.63) is 43.2 Å². The molecule has 0 bridgehead atoms. The summed E-state index contributed by atoms with van der Waals surface area (Å²) in [6, 6.07) is 3.62. The monoisotopic (exact) mass is 351 g/mol. The molecule has 0 fully saturated rings. The summed E-state index contributed by atoms with van der Waals surface area (Å²) in [7, 11) is 0. The molecule has 5 nitrogen and oxygen atoms in total. The van der Waals surface area contributed by atoms with Gasteiger partial charge in [-0.3, -0.25) is 9.59 Å². The first-order chi connectivity index (χ1) is 10.5. The molecule has 8 heteroatoms. The minimum Gasteiger partial charge on any atom is -0.334 e. The van der Waals surface area contributed by atoms with E-state index in [-0.39, 0.29) is 17.1 Å². The fourth-order valence-electron chi connectivity index (χ4n) is 2.03. The number of nitrogens with two attached hydrogens (primary N) is 1. The van der Waals surface area contributed by atoms with E-state index in [9.17, 15) is 9.59 Å². The Kier molecular flexibility index (Phi) is 4.07. The zero-order valence-electron chi connectivity index (χ0n) is 12.0. The van der Waals surface area contributed by atoms with E-state index in [2.05, 4.69) is 4.98 Å². The quantitative estimate of drug-likeness (QED) is 0.338. The second-order valence-electron chi connectivity index (χ2n) is 4.72. The highest BCUT2D eigenvalue weighted by atomic mass is 32.2. The summed E-state index contributed by atoms with van der Waals surface area (Å²) in [4.78, 5) is 31.3. The second kappa shape index (κ2) is 5.86. The van der Waals surface area contributed by atoms with Gasteiger partial charge in [0.15, 0.2) is 10.9 Å². The SMILES string of the molecule is Cc1sc2nc(SCC(=O)c3cccs3)n(N)c(=O)c2c1C. The van der Waals surface area contributed by atoms with E-state index in [1.54, 1.807) is 6.07 Å². The predicted molar refractivity (Wildman–Crippen MR) is 92.9 cm³/mol. The van der Waals surface area contributed by atoms with Crippen molar-refractivity contribution < 1.29 is 4.79 Å². The Labute approximate surface area is 138 Å². The van der Waals surface area contributed by atoms with Gasteiger partial charge in [-0.25, -0.2) is 9.66 Å². The molecule has 0 aliphatic heterocycles. The molecule has 2 N–H and O–H groups in total. The maximum Gasteiger partial charge on any atom is 0.281 e. The Balaban J connectivity index is 1.93. The number of nitrogens with zero attached hydrogens (tertiary/aromatic N) is 2. The van der Waals surface area contributed by atoms with Crippen molar-refractivity contribution in [2.45, 2.75) is 19.0 Å². The molecule has 0 aliphatic rings. The number of carbonyl (C=O) groups is 1. The zero-order valence-corrected chi connectivity index (χ0v) is 14.4. The summed E-state index contributed by atoms with van der Waals surface area (Å²) in [5, 5.41) is 2.79. The third-order valence-electron chi connectivity index (χ3n) is 3.33. The van der Waals surface area contributed by atoms with Crippen molar-refractivity contribution in [1.82, 2.24) is 9.66 Å². The molecule has 0 atom stereocenters. The molecule has 0 unspecified atom stereocenters. The van der Waals surface area contributed by atoms with Gasteiger partial charge < -0.3 is 5.84 Å². The highest BCUT2D eigenvalue weighted by Gasteiger charge is 2.16. The van der Waals surface area contributed by atoms with Gasteiger partial charge in [-0.05, 0) is 30.9 Å². The third kappa shape index (κ3) is 2.57. The van der Waals surface area contributed by atoms with E-state index in [0.29, 0.717) is 20.3 Å². The van der Waals surface area contributed by atoms with Gasteiger partial charge in [0.05, 0.1) is 16.0 Å². The van der Waals surface area contributed by atoms with Gasteiger partial charge >= 0.3 is 0 Å². The van der Waals surface area contributed by atoms with Gasteiger partial charge in [-0.1, -0.05) is 17.8 Å². The highest BCUT2D eigenvalue weighted by molar-refractivity contribution is 7.99. The average molecular weight is 351 g/mol. The molecule has 0 aromatic carbocycles. The molecule has 22 heavy (non-hydrogen) atoms. The van der Waals surface area contributed by atoms with Crippen LogP contribution in [0, 0.1) is 13.8 Å². The minimum atomic E-state index is -0.266. The first kappa shape index (κ1) is 15.3. The molecule has 114 valence electrons. The number of thioether (sulfide) groups is 1. The lowest BCUT2D eigenvalue weighted by atomic mass is 10.2. The van der Waals surface area contributed by atoms with Crippen molar-refractivity contribution in [2.24, 2.45) is 0 Å². The summed E-state index contributed by atoms with van der Waals surface area (Å²) in [5.41, 5.74) is 0.654. The normalized spacial score (nSPS) is 11.2. The molecule has 3 rings (SSSR count). The molecule has 0 amide bonds. The van der Waals surface area contributed by atoms with Crippen LogP contribution in [0.25, 0.3) is 10.2 Å². The van der Waals surface area contributed by atoms with Gasteiger partial charge in [0.25, 0.3) is 5.56 Å². The molecule has 3 aromatic rings. The Hall–Kier alpha value is -1.64. The largest absolute Gasteiger partial charge is 0.334 e. The number of ketones is 1. The molecule has 0 spiro atoms. The zero-order chi connectivity index (χ0) is 15.9. The topological polar surface area (TPSA) is 78.0 Å². The van der Waals surface area contributed by atoms with E-state index < -0.39 is 0 Å². The Morgan fingerprint density at radius 3 is 2.91 bits per heavy atom. The lowest BCUT2D eigenvalue weighted by Gasteiger charge is -2.06. The summed E-state index contributed by atoms with van der Waals surface area (Å²) in [6.45, 7) is 3.85. The van der Waals surface area contributed by atoms with E-state index in [4.69, 9.17) is 5.84 Å². The molecule has 0 aliphatic carbocycles. The Morgan fingerprint density at radius 2 is 2.23 bits per heavy atom. The van der Waals surface area contributed by atoms with E-state index in [0.717, 1.165) is 15.1 Å². The van der Waals surface area contributed by atoms with Crippen LogP contribution in [-0.4, -0.2) is 21.2 Å². The van der Waals surface area contributed by atoms with Crippen LogP contribution in [0.2, 0.25) is 0 Å². The molecular formula is C14H13N3O2S3. The number of aromatic nitrogens is 2. The third-order valence-corrected chi connectivity index (χ3v) is 6.30. The van der Waals surface area contributed by atoms with Gasteiger partial charge in [0.2, 0.25) is 0 Å². The first-order valence-electron chi connectivity index (χ1n) is 6.46. The number of carbonyl (C=O) groups excluding carboxylic acids is 1. The van der Waals surface area contributed by atoms with Crippen LogP contribution in [0.4, 0.5) is 0 Å². The van der Waals surface area contributed by atoms with E-state index in [1.807, 2.05) is 25.3 Å². The van der Waals surface area contributed by atoms with E-state index in [1.165, 1.54) is 34.4 Å². The van der Waals surface area contributed by atoms with Gasteiger partial charge in [0, 0.05) is 4.88 Å². The van der Waals surface area contributed by atoms with E-state index >= 15 is 0 Å². The van der Waals surface area contributed by atoms with Crippen molar-refractivity contribution >= 4 is 50.4 Å². The van der Waals surface area contributed by atoms with Gasteiger partial charge in [0.1, 0.15) is 4.83 Å². The molecule has 3 aromatic heterocycles. The number of rotatable bonds is 4. The number of hydrogen-bond donors (Lipinski definition) is 1. The smallest absolute Gasteiger partial charge is 0.281 e. The fraction of sp³-hybridized carbons (Fsp3) is 0.214. The van der Waals surface area contributed by atoms with Crippen molar-refractivity contribution in [1.29, 1.82) is 0 Å². The summed E-state index contributed by atoms with van der Waals surface area (Å²) < 4.78 is 1.04. The lowest BCUT2D eigenvalue weighted by molar-refractivity contribution is 0.102. The number of nitrogen functional groups attached to an aromatic ring is 1. The van der Waals surface area contributed by atoms with Crippen molar-refractivity contribution in [3.63, 3.8) is 0 Å². The Bertz CT molecular complexity index is 910. The van der Waals surface area contributed by atoms with Crippen molar-refractivity contribution in [3.8, 4) is 0 Å². The summed E-state index contributed by atoms with van der Waals surface area (Å²) in [6.07, 6.45) is 0. The molecular weight excluding hydrogens is 338 g/mol. The molecule has 3 heterocycles. The van der Waals surface area contributed by atoms with Crippen LogP contribution in [0.3, 0.4) is 0 Å². The van der Waals surface area contributed by atoms with Crippen LogP contribution in [-0.2, 0) is 0 Å². The standard InChI is InChI=1S/C14H13N3O2S3/c1-7-8(2)22-12-11(7)13(19)17(15)14(16-12)21-6-9(18)10-4-3-5-20-10/h3-5H,6,15H2,1-2H3. The van der Waals surface area contributed by atoms with Gasteiger partial charge in [-0.15, -0.1) is 22.7 Å². The maximum atomic E-state index is 12.4. The maximum absolute atomic E-state index is 12.4. The number of thiophene rings is 2. The summed E-state index contributed by atoms with van der Waals surface area (Å²) >= 11 is 4.06. The first-order valence-corrected chi connectivity index (χ1v) is 9.14. The van der Waals surface area contributed by atoms with Gasteiger partial charge in [-0.2, -0.15) is 0 Å². The minimum absolute atomic E-state index is 0.00730. The number of fused-ring (bicyclic) bond motifs is 1. The number of hydrogen-bond acceptors (Lipinski definition) is 7. The van der Waals surface area contributed by atoms with Crippen LogP contribution in [0.1, 0.15) is 20.1 Å². The van der Waals surface area contributed by atoms with Crippen LogP contribution >= 0.6 is 34.4 Å². The highest BCUT2D eigenvalue weighted by Crippen LogP contribution is 2.28. The number of aryl methyl sites for hydroxylation is 2. The Morgan fingerprint density at radius 1 is 1.45 bits per heavy atom. The second-order valence-corrected chi connectivity index (χ2v) is 7.82. The fourth-order valence-corrected chi connectivity index (χ4v) is 4.65. The predicted octanol–water partition coefficient (Wildman–Crippen LogP) is 2.83. The van der Waals surface area contributed by atoms with Crippen molar-refractivity contribution in [2.75, 3.05) is 11.6 Å².